The maximum atomic E-state index is 13.3. The molecule has 1 unspecified atom stereocenters. The first-order valence-corrected chi connectivity index (χ1v) is 6.51. The minimum atomic E-state index is -0.267. The Morgan fingerprint density at radius 3 is 2.74 bits per heavy atom. The summed E-state index contributed by atoms with van der Waals surface area (Å²) >= 11 is 6.10. The molecule has 1 aromatic heterocycles. The number of hydrogen-bond acceptors (Lipinski definition) is 2. The fourth-order valence-electron chi connectivity index (χ4n) is 1.99. The first-order chi connectivity index (χ1) is 9.10. The summed E-state index contributed by atoms with van der Waals surface area (Å²) in [5, 5.41) is 3.80. The molecular weight excluding hydrogens is 263 g/mol. The Hall–Kier alpha value is -1.45. The van der Waals surface area contributed by atoms with Gasteiger partial charge in [-0.25, -0.2) is 4.39 Å². The van der Waals surface area contributed by atoms with Crippen molar-refractivity contribution in [1.82, 2.24) is 10.3 Å². The molecule has 0 aliphatic carbocycles. The van der Waals surface area contributed by atoms with Crippen molar-refractivity contribution >= 4 is 11.6 Å². The number of nitrogens with one attached hydrogen (secondary N) is 1. The van der Waals surface area contributed by atoms with Crippen LogP contribution >= 0.6 is 11.6 Å². The van der Waals surface area contributed by atoms with Crippen molar-refractivity contribution in [2.24, 2.45) is 0 Å². The SMILES string of the molecule is CNC(Cc1cc(F)ccc1Cl)c1ccc(C)nc1. The number of nitrogens with zero attached hydrogens (tertiary/aromatic N) is 1. The minimum absolute atomic E-state index is 0.0624. The predicted molar refractivity (Wildman–Crippen MR) is 75.9 cm³/mol. The van der Waals surface area contributed by atoms with Crippen LogP contribution in [0.5, 0.6) is 0 Å². The molecule has 1 N–H and O–H groups in total. The second-order valence-electron chi connectivity index (χ2n) is 4.51. The van der Waals surface area contributed by atoms with Crippen LogP contribution in [0.2, 0.25) is 5.02 Å². The zero-order chi connectivity index (χ0) is 13.8. The van der Waals surface area contributed by atoms with Gasteiger partial charge in [0.2, 0.25) is 0 Å². The second kappa shape index (κ2) is 6.13. The standard InChI is InChI=1S/C15H16ClFN2/c1-10-3-4-11(9-19-10)15(18-2)8-12-7-13(17)5-6-14(12)16/h3-7,9,15,18H,8H2,1-2H3. The number of benzene rings is 1. The number of likely N-dealkylation sites (N-methyl/N-ethyl adjacent to an activating group) is 1. The van der Waals surface area contributed by atoms with Crippen LogP contribution in [0, 0.1) is 12.7 Å². The highest BCUT2D eigenvalue weighted by molar-refractivity contribution is 6.31. The zero-order valence-corrected chi connectivity index (χ0v) is 11.7. The van der Waals surface area contributed by atoms with E-state index in [1.54, 1.807) is 6.07 Å². The number of aryl methyl sites for hydroxylation is 1. The average Bonchev–Trinajstić information content (AvgIpc) is 2.41. The summed E-state index contributed by atoms with van der Waals surface area (Å²) in [6.07, 6.45) is 2.46. The topological polar surface area (TPSA) is 24.9 Å². The van der Waals surface area contributed by atoms with Crippen LogP contribution in [0.3, 0.4) is 0 Å². The van der Waals surface area contributed by atoms with Crippen LogP contribution in [0.25, 0.3) is 0 Å². The van der Waals surface area contributed by atoms with Crippen LogP contribution in [0.4, 0.5) is 4.39 Å². The lowest BCUT2D eigenvalue weighted by Gasteiger charge is -2.17. The van der Waals surface area contributed by atoms with Crippen LogP contribution in [0.15, 0.2) is 36.5 Å². The molecule has 2 nitrogen and oxygen atoms in total. The monoisotopic (exact) mass is 278 g/mol. The van der Waals surface area contributed by atoms with Crippen molar-refractivity contribution in [1.29, 1.82) is 0 Å². The molecule has 0 aliphatic rings. The van der Waals surface area contributed by atoms with E-state index in [1.165, 1.54) is 12.1 Å². The average molecular weight is 279 g/mol. The Labute approximate surface area is 117 Å². The quantitative estimate of drug-likeness (QED) is 0.923. The Kier molecular flexibility index (Phi) is 4.51. The van der Waals surface area contributed by atoms with Gasteiger partial charge < -0.3 is 5.32 Å². The molecule has 0 bridgehead atoms. The van der Waals surface area contributed by atoms with Gasteiger partial charge in [0.1, 0.15) is 5.82 Å². The number of hydrogen-bond donors (Lipinski definition) is 1. The molecule has 0 saturated carbocycles. The number of halogens is 2. The number of rotatable bonds is 4. The molecule has 2 aromatic rings. The Morgan fingerprint density at radius 1 is 1.32 bits per heavy atom. The fraction of sp³-hybridized carbons (Fsp3) is 0.267. The van der Waals surface area contributed by atoms with E-state index in [-0.39, 0.29) is 11.9 Å². The molecule has 1 aromatic carbocycles. The summed E-state index contributed by atoms with van der Waals surface area (Å²) in [5.74, 6) is -0.267. The van der Waals surface area contributed by atoms with E-state index in [0.29, 0.717) is 11.4 Å². The van der Waals surface area contributed by atoms with Gasteiger partial charge in [-0.15, -0.1) is 0 Å². The summed E-state index contributed by atoms with van der Waals surface area (Å²) in [5.41, 5.74) is 2.83. The van der Waals surface area contributed by atoms with Crippen molar-refractivity contribution in [3.63, 3.8) is 0 Å². The van der Waals surface area contributed by atoms with Crippen LogP contribution in [-0.4, -0.2) is 12.0 Å². The van der Waals surface area contributed by atoms with Gasteiger partial charge in [0.15, 0.2) is 0 Å². The fourth-order valence-corrected chi connectivity index (χ4v) is 2.19. The summed E-state index contributed by atoms with van der Waals surface area (Å²) in [6, 6.07) is 8.49. The van der Waals surface area contributed by atoms with Gasteiger partial charge in [-0.1, -0.05) is 17.7 Å². The molecule has 100 valence electrons. The lowest BCUT2D eigenvalue weighted by atomic mass is 10.00. The highest BCUT2D eigenvalue weighted by Gasteiger charge is 2.13. The van der Waals surface area contributed by atoms with Gasteiger partial charge in [-0.05, 0) is 55.8 Å². The third-order valence-corrected chi connectivity index (χ3v) is 3.49. The molecule has 0 spiro atoms. The normalized spacial score (nSPS) is 12.4. The highest BCUT2D eigenvalue weighted by atomic mass is 35.5. The van der Waals surface area contributed by atoms with Gasteiger partial charge in [-0.2, -0.15) is 0 Å². The summed E-state index contributed by atoms with van der Waals surface area (Å²) in [4.78, 5) is 4.28. The Balaban J connectivity index is 2.23. The third kappa shape index (κ3) is 3.52. The molecule has 0 radical (unpaired) electrons. The van der Waals surface area contributed by atoms with E-state index in [9.17, 15) is 4.39 Å². The van der Waals surface area contributed by atoms with Crippen molar-refractivity contribution < 1.29 is 4.39 Å². The van der Waals surface area contributed by atoms with E-state index in [0.717, 1.165) is 16.8 Å². The lowest BCUT2D eigenvalue weighted by Crippen LogP contribution is -2.19. The van der Waals surface area contributed by atoms with Crippen molar-refractivity contribution in [3.05, 3.63) is 64.2 Å². The van der Waals surface area contributed by atoms with E-state index < -0.39 is 0 Å². The smallest absolute Gasteiger partial charge is 0.123 e. The van der Waals surface area contributed by atoms with Crippen LogP contribution in [0.1, 0.15) is 22.9 Å². The number of pyridine rings is 1. The van der Waals surface area contributed by atoms with Crippen molar-refractivity contribution in [3.8, 4) is 0 Å². The van der Waals surface area contributed by atoms with E-state index in [4.69, 9.17) is 11.6 Å². The van der Waals surface area contributed by atoms with Crippen molar-refractivity contribution in [2.75, 3.05) is 7.05 Å². The maximum Gasteiger partial charge on any atom is 0.123 e. The Morgan fingerprint density at radius 2 is 2.11 bits per heavy atom. The highest BCUT2D eigenvalue weighted by Crippen LogP contribution is 2.24. The molecular formula is C15H16ClFN2. The molecule has 1 heterocycles. The molecule has 0 fully saturated rings. The molecule has 0 saturated heterocycles. The summed E-state index contributed by atoms with van der Waals surface area (Å²) < 4.78 is 13.3. The van der Waals surface area contributed by atoms with E-state index in [1.807, 2.05) is 32.3 Å². The van der Waals surface area contributed by atoms with Gasteiger partial charge in [0.05, 0.1) is 0 Å². The van der Waals surface area contributed by atoms with E-state index in [2.05, 4.69) is 10.3 Å². The molecule has 0 aliphatic heterocycles. The van der Waals surface area contributed by atoms with Crippen molar-refractivity contribution in [2.45, 2.75) is 19.4 Å². The van der Waals surface area contributed by atoms with E-state index >= 15 is 0 Å². The lowest BCUT2D eigenvalue weighted by molar-refractivity contribution is 0.582. The predicted octanol–water partition coefficient (Wildman–Crippen LogP) is 3.69. The first kappa shape index (κ1) is 14.0. The van der Waals surface area contributed by atoms with Gasteiger partial charge >= 0.3 is 0 Å². The van der Waals surface area contributed by atoms with Crippen LogP contribution in [-0.2, 0) is 6.42 Å². The minimum Gasteiger partial charge on any atom is -0.313 e. The summed E-state index contributed by atoms with van der Waals surface area (Å²) in [6.45, 7) is 1.95. The van der Waals surface area contributed by atoms with Crippen LogP contribution < -0.4 is 5.32 Å². The Bertz CT molecular complexity index is 555. The third-order valence-electron chi connectivity index (χ3n) is 3.12. The van der Waals surface area contributed by atoms with Gasteiger partial charge in [-0.3, -0.25) is 4.98 Å². The van der Waals surface area contributed by atoms with Gasteiger partial charge in [0.25, 0.3) is 0 Å². The largest absolute Gasteiger partial charge is 0.313 e. The maximum absolute atomic E-state index is 13.3. The number of aromatic nitrogens is 1. The molecule has 19 heavy (non-hydrogen) atoms. The molecule has 1 atom stereocenters. The summed E-state index contributed by atoms with van der Waals surface area (Å²) in [7, 11) is 1.87. The van der Waals surface area contributed by atoms with Gasteiger partial charge in [0, 0.05) is 23.0 Å². The molecule has 0 amide bonds. The first-order valence-electron chi connectivity index (χ1n) is 6.14. The molecule has 2 rings (SSSR count). The second-order valence-corrected chi connectivity index (χ2v) is 4.92. The molecule has 4 heteroatoms. The zero-order valence-electron chi connectivity index (χ0n) is 11.0.